The van der Waals surface area contributed by atoms with Crippen LogP contribution >= 0.6 is 0 Å². The number of nitrogens with one attached hydrogen (secondary N) is 1. The van der Waals surface area contributed by atoms with Crippen molar-refractivity contribution in [3.05, 3.63) is 114 Å². The van der Waals surface area contributed by atoms with Gasteiger partial charge in [-0.25, -0.2) is 13.8 Å². The van der Waals surface area contributed by atoms with Crippen LogP contribution in [0.1, 0.15) is 11.1 Å². The first-order chi connectivity index (χ1) is 19.4. The number of benzene rings is 4. The molecular weight excluding hydrogens is 530 g/mol. The predicted molar refractivity (Wildman–Crippen MR) is 153 cm³/mol. The van der Waals surface area contributed by atoms with Gasteiger partial charge in [0.25, 0.3) is 15.9 Å². The Morgan fingerprint density at radius 2 is 1.48 bits per heavy atom. The minimum Gasteiger partial charge on any atom is -0.493 e. The van der Waals surface area contributed by atoms with Crippen molar-refractivity contribution in [2.24, 2.45) is 5.10 Å². The Kier molecular flexibility index (Phi) is 9.37. The first-order valence-corrected chi connectivity index (χ1v) is 13.7. The van der Waals surface area contributed by atoms with Crippen LogP contribution in [0.3, 0.4) is 0 Å². The maximum Gasteiger partial charge on any atom is 0.264 e. The van der Waals surface area contributed by atoms with Crippen LogP contribution in [0.4, 0.5) is 5.69 Å². The first-order valence-electron chi connectivity index (χ1n) is 12.3. The molecule has 4 aromatic carbocycles. The number of rotatable bonds is 12. The molecule has 9 nitrogen and oxygen atoms in total. The number of para-hydroxylation sites is 1. The molecule has 0 radical (unpaired) electrons. The minimum absolute atomic E-state index is 0.0329. The van der Waals surface area contributed by atoms with Gasteiger partial charge in [-0.1, -0.05) is 60.7 Å². The molecule has 0 heterocycles. The first kappa shape index (κ1) is 28.2. The van der Waals surface area contributed by atoms with Crippen molar-refractivity contribution in [2.75, 3.05) is 25.1 Å². The average molecular weight is 560 g/mol. The van der Waals surface area contributed by atoms with E-state index in [1.165, 1.54) is 38.6 Å². The van der Waals surface area contributed by atoms with Crippen LogP contribution < -0.4 is 23.9 Å². The number of hydrogen-bond acceptors (Lipinski definition) is 7. The van der Waals surface area contributed by atoms with Gasteiger partial charge in [-0.3, -0.25) is 9.10 Å². The summed E-state index contributed by atoms with van der Waals surface area (Å²) >= 11 is 0. The summed E-state index contributed by atoms with van der Waals surface area (Å²) in [5.74, 6) is 0.681. The van der Waals surface area contributed by atoms with Crippen LogP contribution in [-0.2, 0) is 21.4 Å². The summed E-state index contributed by atoms with van der Waals surface area (Å²) in [5.41, 5.74) is 4.30. The third-order valence-corrected chi connectivity index (χ3v) is 7.61. The average Bonchev–Trinajstić information content (AvgIpc) is 3.00. The van der Waals surface area contributed by atoms with Gasteiger partial charge in [-0.15, -0.1) is 0 Å². The Labute approximate surface area is 233 Å². The lowest BCUT2D eigenvalue weighted by Gasteiger charge is -2.24. The van der Waals surface area contributed by atoms with E-state index in [9.17, 15) is 13.2 Å². The molecule has 4 rings (SSSR count). The molecule has 206 valence electrons. The van der Waals surface area contributed by atoms with E-state index >= 15 is 0 Å². The predicted octanol–water partition coefficient (Wildman–Crippen LogP) is 4.63. The highest BCUT2D eigenvalue weighted by Crippen LogP contribution is 2.33. The topological polar surface area (TPSA) is 107 Å². The van der Waals surface area contributed by atoms with Gasteiger partial charge >= 0.3 is 0 Å². The summed E-state index contributed by atoms with van der Waals surface area (Å²) in [4.78, 5) is 13.0. The molecule has 0 aliphatic carbocycles. The number of methoxy groups -OCH3 is 2. The molecule has 10 heteroatoms. The number of hydrogen-bond donors (Lipinski definition) is 1. The van der Waals surface area contributed by atoms with Crippen molar-refractivity contribution < 1.29 is 27.4 Å². The van der Waals surface area contributed by atoms with Gasteiger partial charge in [-0.05, 0) is 42.0 Å². The Morgan fingerprint density at radius 1 is 0.825 bits per heavy atom. The number of carbonyl (C=O) groups is 1. The number of amides is 1. The Hall–Kier alpha value is -4.83. The summed E-state index contributed by atoms with van der Waals surface area (Å²) in [5, 5.41) is 4.05. The number of hydrazone groups is 1. The second-order valence-electron chi connectivity index (χ2n) is 8.47. The molecule has 1 N–H and O–H groups in total. The van der Waals surface area contributed by atoms with Crippen molar-refractivity contribution in [2.45, 2.75) is 11.5 Å². The van der Waals surface area contributed by atoms with Gasteiger partial charge in [0.2, 0.25) is 0 Å². The highest BCUT2D eigenvalue weighted by atomic mass is 32.2. The van der Waals surface area contributed by atoms with E-state index < -0.39 is 22.5 Å². The van der Waals surface area contributed by atoms with Crippen LogP contribution in [0.5, 0.6) is 17.2 Å². The Morgan fingerprint density at radius 3 is 2.17 bits per heavy atom. The third kappa shape index (κ3) is 6.97. The standard InChI is InChI=1S/C30H29N3O6S/c1-37-28-18-17-25(19-29(28)38-2)33(40(35,36)26-14-7-4-8-15-26)21-30(34)32-31-20-24-13-9-10-16-27(24)39-22-23-11-5-3-6-12-23/h3-20H,21-22H2,1-2H3,(H,32,34)/b31-20-. The van der Waals surface area contributed by atoms with Crippen LogP contribution in [-0.4, -0.2) is 41.3 Å². The lowest BCUT2D eigenvalue weighted by atomic mass is 10.2. The summed E-state index contributed by atoms with van der Waals surface area (Å²) in [6.07, 6.45) is 1.45. The molecule has 0 spiro atoms. The van der Waals surface area contributed by atoms with Gasteiger partial charge in [0.1, 0.15) is 18.9 Å². The minimum atomic E-state index is -4.11. The molecule has 40 heavy (non-hydrogen) atoms. The zero-order valence-electron chi connectivity index (χ0n) is 22.1. The molecule has 0 atom stereocenters. The van der Waals surface area contributed by atoms with Gasteiger partial charge < -0.3 is 14.2 Å². The fraction of sp³-hybridized carbons (Fsp3) is 0.133. The van der Waals surface area contributed by atoms with Crippen LogP contribution in [0.15, 0.2) is 113 Å². The summed E-state index contributed by atoms with van der Waals surface area (Å²) in [6, 6.07) is 29.5. The number of sulfonamides is 1. The molecule has 0 bridgehead atoms. The molecule has 0 saturated heterocycles. The number of anilines is 1. The fourth-order valence-electron chi connectivity index (χ4n) is 3.81. The molecule has 0 aliphatic heterocycles. The van der Waals surface area contributed by atoms with Crippen molar-refractivity contribution in [3.8, 4) is 17.2 Å². The monoisotopic (exact) mass is 559 g/mol. The summed E-state index contributed by atoms with van der Waals surface area (Å²) < 4.78 is 44.7. The van der Waals surface area contributed by atoms with Gasteiger partial charge in [0.15, 0.2) is 11.5 Å². The van der Waals surface area contributed by atoms with E-state index in [1.54, 1.807) is 42.5 Å². The van der Waals surface area contributed by atoms with E-state index in [0.717, 1.165) is 9.87 Å². The SMILES string of the molecule is COc1ccc(N(CC(=O)N/N=C\c2ccccc2OCc2ccccc2)S(=O)(=O)c2ccccc2)cc1OC. The molecule has 0 saturated carbocycles. The van der Waals surface area contributed by atoms with Gasteiger partial charge in [0.05, 0.1) is 31.0 Å². The van der Waals surface area contributed by atoms with Crippen molar-refractivity contribution in [3.63, 3.8) is 0 Å². The van der Waals surface area contributed by atoms with Crippen LogP contribution in [0.2, 0.25) is 0 Å². The van der Waals surface area contributed by atoms with E-state index in [-0.39, 0.29) is 10.6 Å². The quantitative estimate of drug-likeness (QED) is 0.200. The lowest BCUT2D eigenvalue weighted by molar-refractivity contribution is -0.119. The maximum absolute atomic E-state index is 13.6. The molecule has 0 unspecified atom stereocenters. The van der Waals surface area contributed by atoms with E-state index in [1.807, 2.05) is 42.5 Å². The van der Waals surface area contributed by atoms with Gasteiger partial charge in [-0.2, -0.15) is 5.10 Å². The second kappa shape index (κ2) is 13.3. The van der Waals surface area contributed by atoms with E-state index in [2.05, 4.69) is 10.5 Å². The largest absolute Gasteiger partial charge is 0.493 e. The Bertz CT molecular complexity index is 1560. The number of carbonyl (C=O) groups excluding carboxylic acids is 1. The van der Waals surface area contributed by atoms with Crippen molar-refractivity contribution >= 4 is 27.8 Å². The molecule has 4 aromatic rings. The third-order valence-electron chi connectivity index (χ3n) is 5.82. The van der Waals surface area contributed by atoms with E-state index in [4.69, 9.17) is 14.2 Å². The molecular formula is C30H29N3O6S. The number of nitrogens with zero attached hydrogens (tertiary/aromatic N) is 2. The fourth-order valence-corrected chi connectivity index (χ4v) is 5.24. The number of ether oxygens (including phenoxy) is 3. The second-order valence-corrected chi connectivity index (χ2v) is 10.3. The van der Waals surface area contributed by atoms with Crippen LogP contribution in [0.25, 0.3) is 0 Å². The van der Waals surface area contributed by atoms with Gasteiger partial charge in [0, 0.05) is 11.6 Å². The highest BCUT2D eigenvalue weighted by molar-refractivity contribution is 7.92. The normalized spacial score (nSPS) is 11.2. The lowest BCUT2D eigenvalue weighted by Crippen LogP contribution is -2.39. The highest BCUT2D eigenvalue weighted by Gasteiger charge is 2.28. The Balaban J connectivity index is 1.52. The van der Waals surface area contributed by atoms with Crippen LogP contribution in [0, 0.1) is 0 Å². The zero-order chi connectivity index (χ0) is 28.4. The molecule has 0 aliphatic rings. The smallest absolute Gasteiger partial charge is 0.264 e. The van der Waals surface area contributed by atoms with Crippen molar-refractivity contribution in [1.82, 2.24) is 5.43 Å². The molecule has 0 aromatic heterocycles. The zero-order valence-corrected chi connectivity index (χ0v) is 22.9. The van der Waals surface area contributed by atoms with Crippen molar-refractivity contribution in [1.29, 1.82) is 0 Å². The summed E-state index contributed by atoms with van der Waals surface area (Å²) in [7, 11) is -1.18. The van der Waals surface area contributed by atoms with E-state index in [0.29, 0.717) is 29.4 Å². The summed E-state index contributed by atoms with van der Waals surface area (Å²) in [6.45, 7) is -0.161. The molecule has 0 fully saturated rings. The maximum atomic E-state index is 13.6. The molecule has 1 amide bonds.